The van der Waals surface area contributed by atoms with Gasteiger partial charge in [-0.05, 0) is 23.8 Å². The molecule has 0 bridgehead atoms. The summed E-state index contributed by atoms with van der Waals surface area (Å²) in [6, 6.07) is 19.4. The lowest BCUT2D eigenvalue weighted by molar-refractivity contribution is -0.110. The lowest BCUT2D eigenvalue weighted by Crippen LogP contribution is -1.90. The van der Waals surface area contributed by atoms with E-state index in [9.17, 15) is 4.79 Å². The summed E-state index contributed by atoms with van der Waals surface area (Å²) in [5.41, 5.74) is 1.97. The molecule has 0 spiro atoms. The highest BCUT2D eigenvalue weighted by Crippen LogP contribution is 2.04. The number of rotatable bonds is 5. The Kier molecular flexibility index (Phi) is 4.71. The van der Waals surface area contributed by atoms with Crippen LogP contribution in [-0.2, 0) is 4.79 Å². The van der Waals surface area contributed by atoms with Gasteiger partial charge in [0.05, 0.1) is 0 Å². The minimum atomic E-state index is -0.0488. The van der Waals surface area contributed by atoms with Crippen molar-refractivity contribution in [2.45, 2.75) is 0 Å². The van der Waals surface area contributed by atoms with Crippen LogP contribution in [0, 0.1) is 0 Å². The van der Waals surface area contributed by atoms with Crippen molar-refractivity contribution in [1.82, 2.24) is 0 Å². The van der Waals surface area contributed by atoms with E-state index in [1.54, 1.807) is 18.4 Å². The van der Waals surface area contributed by atoms with Gasteiger partial charge in [-0.1, -0.05) is 54.6 Å². The van der Waals surface area contributed by atoms with Crippen LogP contribution in [0.4, 0.5) is 5.69 Å². The Labute approximate surface area is 113 Å². The number of allylic oxidation sites excluding steroid dienone is 2. The first-order valence-electron chi connectivity index (χ1n) is 6.10. The first-order chi connectivity index (χ1) is 9.34. The summed E-state index contributed by atoms with van der Waals surface area (Å²) in [4.78, 5) is 11.6. The molecule has 0 heterocycles. The topological polar surface area (TPSA) is 29.1 Å². The summed E-state index contributed by atoms with van der Waals surface area (Å²) in [7, 11) is 0. The number of anilines is 1. The van der Waals surface area contributed by atoms with Crippen molar-refractivity contribution in [1.29, 1.82) is 0 Å². The average Bonchev–Trinajstić information content (AvgIpc) is 2.47. The minimum Gasteiger partial charge on any atom is -0.362 e. The average molecular weight is 249 g/mol. The smallest absolute Gasteiger partial charge is 0.180 e. The van der Waals surface area contributed by atoms with Crippen molar-refractivity contribution in [2.75, 3.05) is 5.32 Å². The van der Waals surface area contributed by atoms with E-state index in [0.29, 0.717) is 0 Å². The van der Waals surface area contributed by atoms with Gasteiger partial charge in [0, 0.05) is 18.0 Å². The Bertz CT molecular complexity index is 571. The van der Waals surface area contributed by atoms with E-state index in [2.05, 4.69) is 5.32 Å². The molecule has 0 aliphatic heterocycles. The highest BCUT2D eigenvalue weighted by atomic mass is 16.1. The van der Waals surface area contributed by atoms with E-state index >= 15 is 0 Å². The number of para-hydroxylation sites is 1. The Morgan fingerprint density at radius 3 is 2.16 bits per heavy atom. The van der Waals surface area contributed by atoms with Crippen LogP contribution in [0.5, 0.6) is 0 Å². The van der Waals surface area contributed by atoms with Crippen molar-refractivity contribution in [3.63, 3.8) is 0 Å². The van der Waals surface area contributed by atoms with Crippen LogP contribution < -0.4 is 5.32 Å². The molecule has 0 fully saturated rings. The van der Waals surface area contributed by atoms with E-state index < -0.39 is 0 Å². The second-order valence-corrected chi connectivity index (χ2v) is 3.99. The van der Waals surface area contributed by atoms with Crippen LogP contribution in [0.2, 0.25) is 0 Å². The molecule has 2 rings (SSSR count). The Morgan fingerprint density at radius 1 is 0.842 bits per heavy atom. The van der Waals surface area contributed by atoms with Crippen molar-refractivity contribution in [3.8, 4) is 0 Å². The molecule has 0 aliphatic rings. The van der Waals surface area contributed by atoms with Gasteiger partial charge in [0.1, 0.15) is 0 Å². The molecule has 2 nitrogen and oxygen atoms in total. The predicted octanol–water partition coefficient (Wildman–Crippen LogP) is 3.89. The van der Waals surface area contributed by atoms with Gasteiger partial charge in [-0.3, -0.25) is 4.79 Å². The lowest BCUT2D eigenvalue weighted by atomic mass is 10.2. The summed E-state index contributed by atoms with van der Waals surface area (Å²) < 4.78 is 0. The highest BCUT2D eigenvalue weighted by Gasteiger charge is 1.90. The first kappa shape index (κ1) is 12.8. The highest BCUT2D eigenvalue weighted by molar-refractivity contribution is 6.02. The predicted molar refractivity (Wildman–Crippen MR) is 79.7 cm³/mol. The number of carbonyl (C=O) groups is 1. The maximum Gasteiger partial charge on any atom is 0.180 e. The molecule has 0 saturated heterocycles. The van der Waals surface area contributed by atoms with Gasteiger partial charge in [-0.25, -0.2) is 0 Å². The van der Waals surface area contributed by atoms with E-state index in [1.165, 1.54) is 6.08 Å². The summed E-state index contributed by atoms with van der Waals surface area (Å²) in [5.74, 6) is -0.0488. The maximum atomic E-state index is 11.6. The molecule has 2 heteroatoms. The largest absolute Gasteiger partial charge is 0.362 e. The Morgan fingerprint density at radius 2 is 1.47 bits per heavy atom. The van der Waals surface area contributed by atoms with Gasteiger partial charge in [0.2, 0.25) is 0 Å². The third kappa shape index (κ3) is 4.64. The van der Waals surface area contributed by atoms with Crippen LogP contribution in [-0.4, -0.2) is 5.78 Å². The quantitative estimate of drug-likeness (QED) is 0.814. The van der Waals surface area contributed by atoms with Crippen LogP contribution >= 0.6 is 0 Å². The van der Waals surface area contributed by atoms with Crippen LogP contribution in [0.15, 0.2) is 79.0 Å². The summed E-state index contributed by atoms with van der Waals surface area (Å²) >= 11 is 0. The normalized spacial score (nSPS) is 10.9. The monoisotopic (exact) mass is 249 g/mol. The molecule has 19 heavy (non-hydrogen) atoms. The zero-order valence-corrected chi connectivity index (χ0v) is 10.5. The van der Waals surface area contributed by atoms with Gasteiger partial charge in [-0.2, -0.15) is 0 Å². The molecular formula is C17H15NO. The molecule has 0 aromatic heterocycles. The third-order valence-electron chi connectivity index (χ3n) is 2.51. The molecule has 1 N–H and O–H groups in total. The molecule has 2 aromatic carbocycles. The van der Waals surface area contributed by atoms with Gasteiger partial charge in [0.25, 0.3) is 0 Å². The standard InChI is InChI=1S/C17H15NO/c19-17(12-11-15-7-3-1-4-8-15)13-14-18-16-9-5-2-6-10-16/h1-14,18H/b12-11+,14-13+. The van der Waals surface area contributed by atoms with E-state index in [1.807, 2.05) is 60.7 Å². The number of benzene rings is 2. The first-order valence-corrected chi connectivity index (χ1v) is 6.10. The number of ketones is 1. The van der Waals surface area contributed by atoms with E-state index in [0.717, 1.165) is 11.3 Å². The fourth-order valence-corrected chi connectivity index (χ4v) is 1.55. The summed E-state index contributed by atoms with van der Waals surface area (Å²) in [6.07, 6.45) is 6.51. The number of nitrogens with one attached hydrogen (secondary N) is 1. The zero-order valence-electron chi connectivity index (χ0n) is 10.5. The van der Waals surface area contributed by atoms with Gasteiger partial charge in [-0.15, -0.1) is 0 Å². The molecule has 2 aromatic rings. The number of carbonyl (C=O) groups excluding carboxylic acids is 1. The Hall–Kier alpha value is -2.61. The number of hydrogen-bond donors (Lipinski definition) is 1. The molecule has 0 radical (unpaired) electrons. The SMILES string of the molecule is O=C(/C=C/Nc1ccccc1)/C=C/c1ccccc1. The molecule has 0 saturated carbocycles. The summed E-state index contributed by atoms with van der Waals surface area (Å²) in [5, 5.41) is 3.04. The van der Waals surface area contributed by atoms with E-state index in [4.69, 9.17) is 0 Å². The lowest BCUT2D eigenvalue weighted by Gasteiger charge is -1.97. The van der Waals surface area contributed by atoms with Crippen LogP contribution in [0.1, 0.15) is 5.56 Å². The van der Waals surface area contributed by atoms with Crippen molar-refractivity contribution < 1.29 is 4.79 Å². The van der Waals surface area contributed by atoms with Crippen molar-refractivity contribution in [3.05, 3.63) is 84.6 Å². The fourth-order valence-electron chi connectivity index (χ4n) is 1.55. The minimum absolute atomic E-state index is 0.0488. The maximum absolute atomic E-state index is 11.6. The van der Waals surface area contributed by atoms with Gasteiger partial charge in [0.15, 0.2) is 5.78 Å². The van der Waals surface area contributed by atoms with Crippen molar-refractivity contribution in [2.24, 2.45) is 0 Å². The fraction of sp³-hybridized carbons (Fsp3) is 0. The van der Waals surface area contributed by atoms with E-state index in [-0.39, 0.29) is 5.78 Å². The Balaban J connectivity index is 1.86. The van der Waals surface area contributed by atoms with Gasteiger partial charge < -0.3 is 5.32 Å². The summed E-state index contributed by atoms with van der Waals surface area (Å²) in [6.45, 7) is 0. The molecule has 0 aliphatic carbocycles. The molecule has 0 unspecified atom stereocenters. The van der Waals surface area contributed by atoms with Crippen LogP contribution in [0.25, 0.3) is 6.08 Å². The van der Waals surface area contributed by atoms with Crippen molar-refractivity contribution >= 4 is 17.5 Å². The molecule has 0 amide bonds. The van der Waals surface area contributed by atoms with Crippen LogP contribution in [0.3, 0.4) is 0 Å². The second-order valence-electron chi connectivity index (χ2n) is 3.99. The molecular weight excluding hydrogens is 234 g/mol. The number of hydrogen-bond acceptors (Lipinski definition) is 2. The second kappa shape index (κ2) is 6.97. The zero-order chi connectivity index (χ0) is 13.3. The molecule has 94 valence electrons. The molecule has 0 atom stereocenters. The third-order valence-corrected chi connectivity index (χ3v) is 2.51. The van der Waals surface area contributed by atoms with Gasteiger partial charge >= 0.3 is 0 Å².